The Bertz CT molecular complexity index is 517. The lowest BCUT2D eigenvalue weighted by Gasteiger charge is -2.07. The molecule has 2 aromatic carbocycles. The molecule has 0 bridgehead atoms. The lowest BCUT2D eigenvalue weighted by atomic mass is 10.0. The summed E-state index contributed by atoms with van der Waals surface area (Å²) >= 11 is 0. The molecule has 0 aliphatic heterocycles. The molecule has 0 atom stereocenters. The predicted octanol–water partition coefficient (Wildman–Crippen LogP) is 2.74. The Labute approximate surface area is 100 Å². The van der Waals surface area contributed by atoms with Gasteiger partial charge in [-0.3, -0.25) is 0 Å². The van der Waals surface area contributed by atoms with Gasteiger partial charge in [-0.25, -0.2) is 4.79 Å². The zero-order valence-electron chi connectivity index (χ0n) is 9.77. The number of ether oxygens (including phenoxy) is 1. The molecule has 3 heteroatoms. The van der Waals surface area contributed by atoms with Crippen LogP contribution >= 0.6 is 0 Å². The van der Waals surface area contributed by atoms with E-state index in [4.69, 9.17) is 0 Å². The molecule has 2 aromatic rings. The largest absolute Gasteiger partial charge is 0.453 e. The van der Waals surface area contributed by atoms with Crippen molar-refractivity contribution in [1.29, 1.82) is 0 Å². The van der Waals surface area contributed by atoms with E-state index in [1.165, 1.54) is 23.4 Å². The molecule has 3 nitrogen and oxygen atoms in total. The summed E-state index contributed by atoms with van der Waals surface area (Å²) < 4.78 is 4.53. The van der Waals surface area contributed by atoms with Crippen LogP contribution in [0.3, 0.4) is 0 Å². The Hall–Kier alpha value is -2.03. The van der Waals surface area contributed by atoms with Gasteiger partial charge < -0.3 is 10.1 Å². The molecule has 0 aliphatic rings. The smallest absolute Gasteiger partial charge is 0.406 e. The minimum atomic E-state index is -0.384. The van der Waals surface area contributed by atoms with Crippen molar-refractivity contribution in [2.24, 2.45) is 0 Å². The molecule has 0 saturated heterocycles. The average molecular weight is 229 g/mol. The second kappa shape index (κ2) is 5.34. The van der Waals surface area contributed by atoms with Gasteiger partial charge in [0.2, 0.25) is 0 Å². The second-order valence-electron chi connectivity index (χ2n) is 3.81. The first kappa shape index (κ1) is 11.5. The number of methoxy groups -OCH3 is 1. The lowest BCUT2D eigenvalue weighted by molar-refractivity contribution is 0.171. The molecular formula is C14H15NO2. The number of carbonyl (C=O) groups excluding carboxylic acids is 1. The van der Waals surface area contributed by atoms with Crippen LogP contribution in [0.1, 0.15) is 5.56 Å². The topological polar surface area (TPSA) is 38.3 Å². The SMILES string of the molecule is COC(=O)NCCc1cccc2ccccc12. The molecule has 0 heterocycles. The van der Waals surface area contributed by atoms with E-state index in [1.54, 1.807) is 0 Å². The third-order valence-electron chi connectivity index (χ3n) is 2.73. The van der Waals surface area contributed by atoms with Crippen molar-refractivity contribution in [3.63, 3.8) is 0 Å². The monoisotopic (exact) mass is 229 g/mol. The molecule has 0 aliphatic carbocycles. The summed E-state index contributed by atoms with van der Waals surface area (Å²) in [5.74, 6) is 0. The fourth-order valence-corrected chi connectivity index (χ4v) is 1.88. The van der Waals surface area contributed by atoms with Gasteiger partial charge in [0.15, 0.2) is 0 Å². The molecule has 88 valence electrons. The van der Waals surface area contributed by atoms with Gasteiger partial charge in [0.1, 0.15) is 0 Å². The van der Waals surface area contributed by atoms with Crippen LogP contribution in [0, 0.1) is 0 Å². The summed E-state index contributed by atoms with van der Waals surface area (Å²) in [7, 11) is 1.37. The summed E-state index contributed by atoms with van der Waals surface area (Å²) in [5.41, 5.74) is 1.24. The van der Waals surface area contributed by atoms with Crippen molar-refractivity contribution < 1.29 is 9.53 Å². The number of benzene rings is 2. The van der Waals surface area contributed by atoms with Crippen molar-refractivity contribution in [2.75, 3.05) is 13.7 Å². The molecule has 2 rings (SSSR count). The van der Waals surface area contributed by atoms with Crippen molar-refractivity contribution in [3.8, 4) is 0 Å². The number of amides is 1. The van der Waals surface area contributed by atoms with Crippen LogP contribution in [0.2, 0.25) is 0 Å². The lowest BCUT2D eigenvalue weighted by Crippen LogP contribution is -2.25. The Kier molecular flexibility index (Phi) is 3.60. The highest BCUT2D eigenvalue weighted by Crippen LogP contribution is 2.18. The second-order valence-corrected chi connectivity index (χ2v) is 3.81. The number of carbonyl (C=O) groups is 1. The average Bonchev–Trinajstić information content (AvgIpc) is 2.39. The van der Waals surface area contributed by atoms with E-state index >= 15 is 0 Å². The van der Waals surface area contributed by atoms with Crippen LogP contribution in [0.5, 0.6) is 0 Å². The van der Waals surface area contributed by atoms with Crippen LogP contribution in [0.15, 0.2) is 42.5 Å². The molecule has 1 amide bonds. The quantitative estimate of drug-likeness (QED) is 0.878. The van der Waals surface area contributed by atoms with E-state index < -0.39 is 0 Å². The third-order valence-corrected chi connectivity index (χ3v) is 2.73. The molecular weight excluding hydrogens is 214 g/mol. The van der Waals surface area contributed by atoms with Crippen molar-refractivity contribution in [1.82, 2.24) is 5.32 Å². The van der Waals surface area contributed by atoms with E-state index in [0.717, 1.165) is 6.42 Å². The van der Waals surface area contributed by atoms with Gasteiger partial charge in [-0.2, -0.15) is 0 Å². The molecule has 0 fully saturated rings. The van der Waals surface area contributed by atoms with Crippen LogP contribution in [-0.2, 0) is 11.2 Å². The summed E-state index contributed by atoms with van der Waals surface area (Å²) in [6, 6.07) is 14.5. The van der Waals surface area contributed by atoms with E-state index in [-0.39, 0.29) is 6.09 Å². The number of fused-ring (bicyclic) bond motifs is 1. The molecule has 0 radical (unpaired) electrons. The van der Waals surface area contributed by atoms with E-state index in [0.29, 0.717) is 6.54 Å². The Morgan fingerprint density at radius 1 is 1.18 bits per heavy atom. The fourth-order valence-electron chi connectivity index (χ4n) is 1.88. The van der Waals surface area contributed by atoms with Crippen molar-refractivity contribution >= 4 is 16.9 Å². The predicted molar refractivity (Wildman–Crippen MR) is 68.1 cm³/mol. The number of alkyl carbamates (subject to hydrolysis) is 1. The summed E-state index contributed by atoms with van der Waals surface area (Å²) in [4.78, 5) is 10.9. The van der Waals surface area contributed by atoms with Gasteiger partial charge in [-0.1, -0.05) is 42.5 Å². The van der Waals surface area contributed by atoms with Gasteiger partial charge in [0.05, 0.1) is 7.11 Å². The minimum absolute atomic E-state index is 0.384. The molecule has 0 spiro atoms. The third kappa shape index (κ3) is 2.75. The highest BCUT2D eigenvalue weighted by atomic mass is 16.5. The molecule has 0 saturated carbocycles. The van der Waals surface area contributed by atoms with Gasteiger partial charge in [0, 0.05) is 6.54 Å². The first-order valence-electron chi connectivity index (χ1n) is 5.59. The van der Waals surface area contributed by atoms with Crippen LogP contribution < -0.4 is 5.32 Å². The Morgan fingerprint density at radius 2 is 1.94 bits per heavy atom. The van der Waals surface area contributed by atoms with Gasteiger partial charge >= 0.3 is 6.09 Å². The summed E-state index contributed by atoms with van der Waals surface area (Å²) in [6.07, 6.45) is 0.418. The van der Waals surface area contributed by atoms with Gasteiger partial charge in [-0.05, 0) is 22.8 Å². The van der Waals surface area contributed by atoms with Gasteiger partial charge in [-0.15, -0.1) is 0 Å². The molecule has 17 heavy (non-hydrogen) atoms. The van der Waals surface area contributed by atoms with E-state index in [2.05, 4.69) is 34.3 Å². The summed E-state index contributed by atoms with van der Waals surface area (Å²) in [6.45, 7) is 0.584. The maximum absolute atomic E-state index is 10.9. The fraction of sp³-hybridized carbons (Fsp3) is 0.214. The first-order chi connectivity index (χ1) is 8.31. The molecule has 0 unspecified atom stereocenters. The van der Waals surface area contributed by atoms with E-state index in [1.807, 2.05) is 18.2 Å². The zero-order chi connectivity index (χ0) is 12.1. The highest BCUT2D eigenvalue weighted by molar-refractivity contribution is 5.85. The number of hydrogen-bond donors (Lipinski definition) is 1. The summed E-state index contributed by atoms with van der Waals surface area (Å²) in [5, 5.41) is 5.15. The number of hydrogen-bond acceptors (Lipinski definition) is 2. The molecule has 0 aromatic heterocycles. The number of rotatable bonds is 3. The van der Waals surface area contributed by atoms with Crippen molar-refractivity contribution in [2.45, 2.75) is 6.42 Å². The van der Waals surface area contributed by atoms with Crippen LogP contribution in [0.4, 0.5) is 4.79 Å². The Balaban J connectivity index is 2.11. The highest BCUT2D eigenvalue weighted by Gasteiger charge is 2.01. The molecule has 1 N–H and O–H groups in total. The number of nitrogens with one attached hydrogen (secondary N) is 1. The van der Waals surface area contributed by atoms with E-state index in [9.17, 15) is 4.79 Å². The van der Waals surface area contributed by atoms with Crippen molar-refractivity contribution in [3.05, 3.63) is 48.0 Å². The zero-order valence-corrected chi connectivity index (χ0v) is 9.77. The maximum atomic E-state index is 10.9. The standard InChI is InChI=1S/C14H15NO2/c1-17-14(16)15-10-9-12-7-4-6-11-5-2-3-8-13(11)12/h2-8H,9-10H2,1H3,(H,15,16). The minimum Gasteiger partial charge on any atom is -0.453 e. The normalized spacial score (nSPS) is 10.2. The van der Waals surface area contributed by atoms with Crippen LogP contribution in [0.25, 0.3) is 10.8 Å². The maximum Gasteiger partial charge on any atom is 0.406 e. The van der Waals surface area contributed by atoms with Crippen LogP contribution in [-0.4, -0.2) is 19.7 Å². The first-order valence-corrected chi connectivity index (χ1v) is 5.59. The Morgan fingerprint density at radius 3 is 2.76 bits per heavy atom. The van der Waals surface area contributed by atoms with Gasteiger partial charge in [0.25, 0.3) is 0 Å².